The third-order valence-electron chi connectivity index (χ3n) is 4.59. The number of carbonyl (C=O) groups is 1. The quantitative estimate of drug-likeness (QED) is 0.451. The summed E-state index contributed by atoms with van der Waals surface area (Å²) in [6.45, 7) is 0.0776. The third-order valence-corrected chi connectivity index (χ3v) is 6.13. The molecule has 1 aromatic heterocycles. The van der Waals surface area contributed by atoms with E-state index in [2.05, 4.69) is 25.9 Å². The van der Waals surface area contributed by atoms with Gasteiger partial charge in [0, 0.05) is 12.5 Å². The van der Waals surface area contributed by atoms with Crippen molar-refractivity contribution in [2.45, 2.75) is 36.7 Å². The molecule has 30 heavy (non-hydrogen) atoms. The van der Waals surface area contributed by atoms with Gasteiger partial charge >= 0.3 is 0 Å². The van der Waals surface area contributed by atoms with Gasteiger partial charge in [-0.15, -0.1) is 5.10 Å². The molecule has 1 saturated carbocycles. The zero-order chi connectivity index (χ0) is 21.1. The molecule has 3 aromatic rings. The number of benzene rings is 2. The first-order valence-corrected chi connectivity index (χ1v) is 10.9. The normalized spacial score (nSPS) is 13.9. The van der Waals surface area contributed by atoms with Crippen LogP contribution in [0.25, 0.3) is 10.9 Å². The van der Waals surface area contributed by atoms with E-state index in [9.17, 15) is 18.0 Å². The van der Waals surface area contributed by atoms with Crippen molar-refractivity contribution in [1.82, 2.24) is 25.1 Å². The molecule has 2 aromatic carbocycles. The second-order valence-electron chi connectivity index (χ2n) is 6.98. The predicted octanol–water partition coefficient (Wildman–Crippen LogP) is 0.766. The Morgan fingerprint density at radius 3 is 2.57 bits per heavy atom. The molecular formula is C19H20N6O4S. The highest BCUT2D eigenvalue weighted by molar-refractivity contribution is 7.89. The van der Waals surface area contributed by atoms with Crippen LogP contribution in [0.4, 0.5) is 5.69 Å². The maximum absolute atomic E-state index is 12.4. The summed E-state index contributed by atoms with van der Waals surface area (Å²) in [6.07, 6.45) is 1.74. The van der Waals surface area contributed by atoms with E-state index in [1.807, 2.05) is 0 Å². The summed E-state index contributed by atoms with van der Waals surface area (Å²) in [4.78, 5) is 24.6. The van der Waals surface area contributed by atoms with Gasteiger partial charge in [-0.3, -0.25) is 20.4 Å². The van der Waals surface area contributed by atoms with Crippen molar-refractivity contribution in [1.29, 1.82) is 0 Å². The Balaban J connectivity index is 1.31. The van der Waals surface area contributed by atoms with Crippen molar-refractivity contribution in [2.75, 3.05) is 5.43 Å². The highest BCUT2D eigenvalue weighted by atomic mass is 32.2. The van der Waals surface area contributed by atoms with Crippen LogP contribution in [0.3, 0.4) is 0 Å². The van der Waals surface area contributed by atoms with Crippen LogP contribution in [0.5, 0.6) is 0 Å². The van der Waals surface area contributed by atoms with Crippen molar-refractivity contribution in [3.05, 3.63) is 58.9 Å². The number of hydrogen-bond donors (Lipinski definition) is 3. The maximum atomic E-state index is 12.4. The number of sulfonamides is 1. The molecule has 0 saturated heterocycles. The fourth-order valence-corrected chi connectivity index (χ4v) is 4.09. The topological polar surface area (TPSA) is 135 Å². The average molecular weight is 428 g/mol. The van der Waals surface area contributed by atoms with Crippen LogP contribution in [0.15, 0.2) is 58.2 Å². The molecular weight excluding hydrogens is 408 g/mol. The summed E-state index contributed by atoms with van der Waals surface area (Å²) in [5.74, 6) is -0.357. The smallest absolute Gasteiger partial charge is 0.277 e. The summed E-state index contributed by atoms with van der Waals surface area (Å²) in [5.41, 5.74) is 5.95. The van der Waals surface area contributed by atoms with Crippen molar-refractivity contribution < 1.29 is 13.2 Å². The van der Waals surface area contributed by atoms with Gasteiger partial charge in [0.05, 0.1) is 22.5 Å². The van der Waals surface area contributed by atoms with Crippen molar-refractivity contribution in [2.24, 2.45) is 0 Å². The van der Waals surface area contributed by atoms with Crippen LogP contribution in [0, 0.1) is 0 Å². The van der Waals surface area contributed by atoms with Crippen molar-refractivity contribution in [3.63, 3.8) is 0 Å². The number of rotatable bonds is 8. The fraction of sp³-hybridized carbons (Fsp3) is 0.263. The molecule has 4 rings (SSSR count). The maximum Gasteiger partial charge on any atom is 0.277 e. The van der Waals surface area contributed by atoms with E-state index in [-0.39, 0.29) is 35.4 Å². The molecule has 1 aliphatic rings. The summed E-state index contributed by atoms with van der Waals surface area (Å²) < 4.78 is 28.1. The second kappa shape index (κ2) is 8.20. The van der Waals surface area contributed by atoms with E-state index < -0.39 is 10.0 Å². The molecule has 156 valence electrons. The van der Waals surface area contributed by atoms with Crippen molar-refractivity contribution >= 4 is 32.5 Å². The van der Waals surface area contributed by atoms with Crippen LogP contribution in [0.2, 0.25) is 0 Å². The number of carbonyl (C=O) groups excluding carboxylic acids is 1. The number of nitrogens with one attached hydrogen (secondary N) is 3. The molecule has 0 aliphatic heterocycles. The first kappa shape index (κ1) is 20.0. The molecule has 10 nitrogen and oxygen atoms in total. The van der Waals surface area contributed by atoms with Gasteiger partial charge in [0.1, 0.15) is 5.52 Å². The van der Waals surface area contributed by atoms with Crippen LogP contribution in [-0.2, 0) is 21.4 Å². The zero-order valence-electron chi connectivity index (χ0n) is 15.9. The fourth-order valence-electron chi connectivity index (χ4n) is 2.79. The lowest BCUT2D eigenvalue weighted by molar-refractivity contribution is -0.120. The molecule has 1 amide bonds. The SMILES string of the molecule is O=C(CCn1nnc2ccccc2c1=O)NNc1ccc(S(=O)(=O)NC2CC2)cc1. The zero-order valence-corrected chi connectivity index (χ0v) is 16.7. The number of amides is 1. The Bertz CT molecular complexity index is 1240. The number of nitrogens with zero attached hydrogens (tertiary/aromatic N) is 3. The lowest BCUT2D eigenvalue weighted by atomic mass is 10.2. The second-order valence-corrected chi connectivity index (χ2v) is 8.69. The number of aromatic nitrogens is 3. The molecule has 0 unspecified atom stereocenters. The van der Waals surface area contributed by atoms with E-state index in [1.165, 1.54) is 12.1 Å². The summed E-state index contributed by atoms with van der Waals surface area (Å²) in [5, 5.41) is 8.26. The minimum atomic E-state index is -3.51. The Labute approximate surface area is 172 Å². The van der Waals surface area contributed by atoms with Gasteiger partial charge in [-0.2, -0.15) is 0 Å². The summed E-state index contributed by atoms with van der Waals surface area (Å²) in [7, 11) is -3.51. The Hall–Kier alpha value is -3.31. The molecule has 1 fully saturated rings. The minimum Gasteiger partial charge on any atom is -0.299 e. The Morgan fingerprint density at radius 1 is 1.10 bits per heavy atom. The van der Waals surface area contributed by atoms with Crippen molar-refractivity contribution in [3.8, 4) is 0 Å². The van der Waals surface area contributed by atoms with Gasteiger partial charge in [-0.05, 0) is 49.2 Å². The average Bonchev–Trinajstić information content (AvgIpc) is 3.55. The first-order valence-electron chi connectivity index (χ1n) is 9.42. The van der Waals surface area contributed by atoms with Crippen LogP contribution >= 0.6 is 0 Å². The number of fused-ring (bicyclic) bond motifs is 1. The lowest BCUT2D eigenvalue weighted by Gasteiger charge is -2.10. The summed E-state index contributed by atoms with van der Waals surface area (Å²) in [6, 6.07) is 12.9. The van der Waals surface area contributed by atoms with Gasteiger partial charge in [-0.25, -0.2) is 17.8 Å². The van der Waals surface area contributed by atoms with Crippen LogP contribution < -0.4 is 21.1 Å². The van der Waals surface area contributed by atoms with Gasteiger partial charge in [0.15, 0.2) is 0 Å². The standard InChI is InChI=1S/C19H20N6O4S/c26-18(11-12-25-19(27)16-3-1-2-4-17(16)21-24-25)22-20-13-7-9-15(10-8-13)30(28,29)23-14-5-6-14/h1-4,7-10,14,20,23H,5-6,11-12H2,(H,22,26). The summed E-state index contributed by atoms with van der Waals surface area (Å²) >= 11 is 0. The van der Waals surface area contributed by atoms with Gasteiger partial charge in [0.25, 0.3) is 5.56 Å². The van der Waals surface area contributed by atoms with Gasteiger partial charge < -0.3 is 0 Å². The van der Waals surface area contributed by atoms with Gasteiger partial charge in [0.2, 0.25) is 15.9 Å². The molecule has 0 bridgehead atoms. The van der Waals surface area contributed by atoms with E-state index in [1.54, 1.807) is 36.4 Å². The van der Waals surface area contributed by atoms with E-state index >= 15 is 0 Å². The Morgan fingerprint density at radius 2 is 1.83 bits per heavy atom. The number of anilines is 1. The molecule has 1 heterocycles. The van der Waals surface area contributed by atoms with E-state index in [0.29, 0.717) is 16.6 Å². The van der Waals surface area contributed by atoms with E-state index in [0.717, 1.165) is 17.5 Å². The molecule has 3 N–H and O–H groups in total. The molecule has 11 heteroatoms. The number of aryl methyl sites for hydroxylation is 1. The highest BCUT2D eigenvalue weighted by Crippen LogP contribution is 2.22. The number of hydrazine groups is 1. The largest absolute Gasteiger partial charge is 0.299 e. The monoisotopic (exact) mass is 428 g/mol. The molecule has 0 atom stereocenters. The third kappa shape index (κ3) is 4.63. The molecule has 0 spiro atoms. The lowest BCUT2D eigenvalue weighted by Crippen LogP contribution is -2.32. The highest BCUT2D eigenvalue weighted by Gasteiger charge is 2.27. The minimum absolute atomic E-state index is 0.0116. The molecule has 0 radical (unpaired) electrons. The van der Waals surface area contributed by atoms with Gasteiger partial charge in [-0.1, -0.05) is 17.3 Å². The number of hydrogen-bond acceptors (Lipinski definition) is 7. The van der Waals surface area contributed by atoms with E-state index in [4.69, 9.17) is 0 Å². The molecule has 1 aliphatic carbocycles. The van der Waals surface area contributed by atoms with Crippen LogP contribution in [0.1, 0.15) is 19.3 Å². The van der Waals surface area contributed by atoms with Crippen LogP contribution in [-0.4, -0.2) is 35.4 Å². The first-order chi connectivity index (χ1) is 14.4. The Kier molecular flexibility index (Phi) is 5.46. The predicted molar refractivity (Wildman–Crippen MR) is 110 cm³/mol.